The van der Waals surface area contributed by atoms with Crippen LogP contribution < -0.4 is 5.32 Å². The number of rotatable bonds is 6. The molecule has 1 aromatic heterocycles. The number of hydrogen-bond acceptors (Lipinski definition) is 4. The Hall–Kier alpha value is -2.21. The number of carbonyl (C=O) groups excluding carboxylic acids is 1. The van der Waals surface area contributed by atoms with E-state index in [2.05, 4.69) is 20.5 Å². The number of nitrogens with zero attached hydrogens (tertiary/aromatic N) is 2. The predicted octanol–water partition coefficient (Wildman–Crippen LogP) is 2.24. The molecule has 0 bridgehead atoms. The fourth-order valence-electron chi connectivity index (χ4n) is 3.04. The summed E-state index contributed by atoms with van der Waals surface area (Å²) in [6.45, 7) is 1.87. The maximum atomic E-state index is 12.4. The van der Waals surface area contributed by atoms with Crippen LogP contribution in [0.3, 0.4) is 0 Å². The highest BCUT2D eigenvalue weighted by Crippen LogP contribution is 2.39. The van der Waals surface area contributed by atoms with E-state index in [9.17, 15) is 9.90 Å². The zero-order valence-electron chi connectivity index (χ0n) is 13.7. The summed E-state index contributed by atoms with van der Waals surface area (Å²) < 4.78 is 0. The van der Waals surface area contributed by atoms with E-state index in [4.69, 9.17) is 0 Å². The number of benzene rings is 1. The van der Waals surface area contributed by atoms with Gasteiger partial charge in [0.25, 0.3) is 5.91 Å². The molecular weight excluding hydrogens is 304 g/mol. The topological polar surface area (TPSA) is 90.9 Å². The average Bonchev–Trinajstić information content (AvgIpc) is 3.53. The molecule has 3 N–H and O–H groups in total. The van der Waals surface area contributed by atoms with Crippen LogP contribution in [0.4, 0.5) is 0 Å². The molecule has 2 saturated carbocycles. The van der Waals surface area contributed by atoms with E-state index >= 15 is 0 Å². The van der Waals surface area contributed by atoms with Crippen LogP contribution in [0, 0.1) is 5.92 Å². The van der Waals surface area contributed by atoms with E-state index in [0.717, 1.165) is 24.2 Å². The highest BCUT2D eigenvalue weighted by molar-refractivity contribution is 5.95. The van der Waals surface area contributed by atoms with Crippen LogP contribution in [-0.2, 0) is 0 Å². The molecule has 2 aliphatic rings. The van der Waals surface area contributed by atoms with Crippen LogP contribution in [0.1, 0.15) is 54.7 Å². The molecule has 1 heterocycles. The molecule has 6 nitrogen and oxygen atoms in total. The van der Waals surface area contributed by atoms with E-state index in [0.29, 0.717) is 23.2 Å². The Morgan fingerprint density at radius 3 is 2.58 bits per heavy atom. The van der Waals surface area contributed by atoms with Gasteiger partial charge in [-0.25, -0.2) is 4.98 Å². The first-order valence-electron chi connectivity index (χ1n) is 8.55. The van der Waals surface area contributed by atoms with Crippen LogP contribution >= 0.6 is 0 Å². The van der Waals surface area contributed by atoms with E-state index in [-0.39, 0.29) is 12.5 Å². The highest BCUT2D eigenvalue weighted by atomic mass is 16.3. The lowest BCUT2D eigenvalue weighted by molar-refractivity contribution is 0.0824. The minimum absolute atomic E-state index is 0.0391. The fourth-order valence-corrected chi connectivity index (χ4v) is 3.04. The van der Waals surface area contributed by atoms with E-state index < -0.39 is 5.54 Å². The van der Waals surface area contributed by atoms with Crippen LogP contribution in [0.5, 0.6) is 0 Å². The van der Waals surface area contributed by atoms with E-state index in [1.54, 1.807) is 12.1 Å². The van der Waals surface area contributed by atoms with Gasteiger partial charge >= 0.3 is 0 Å². The third-order valence-electron chi connectivity index (χ3n) is 5.08. The third kappa shape index (κ3) is 2.94. The summed E-state index contributed by atoms with van der Waals surface area (Å²) in [5.41, 5.74) is 0.942. The molecule has 4 rings (SSSR count). The largest absolute Gasteiger partial charge is 0.394 e. The molecule has 0 aliphatic heterocycles. The van der Waals surface area contributed by atoms with Crippen LogP contribution in [0.15, 0.2) is 24.3 Å². The van der Waals surface area contributed by atoms with Crippen molar-refractivity contribution < 1.29 is 9.90 Å². The predicted molar refractivity (Wildman–Crippen MR) is 89.5 cm³/mol. The molecule has 0 radical (unpaired) electrons. The quantitative estimate of drug-likeness (QED) is 0.759. The Bertz CT molecular complexity index is 747. The van der Waals surface area contributed by atoms with Gasteiger partial charge in [0.2, 0.25) is 0 Å². The smallest absolute Gasteiger partial charge is 0.251 e. The standard InChI is InChI=1S/C18H22N4O2/c1-18(10-23,14-8-9-14)20-17(24)13-6-4-12(5-7-13)16-19-15(21-22-16)11-2-3-11/h4-7,11,14,23H,2-3,8-10H2,1H3,(H,20,24)(H,19,21,22). The molecule has 2 fully saturated rings. The minimum atomic E-state index is -0.529. The van der Waals surface area contributed by atoms with Gasteiger partial charge in [0.05, 0.1) is 12.1 Å². The summed E-state index contributed by atoms with van der Waals surface area (Å²) in [7, 11) is 0. The number of aliphatic hydroxyl groups excluding tert-OH is 1. The summed E-state index contributed by atoms with van der Waals surface area (Å²) in [5, 5.41) is 19.8. The van der Waals surface area contributed by atoms with Crippen molar-refractivity contribution in [1.29, 1.82) is 0 Å². The Morgan fingerprint density at radius 1 is 1.29 bits per heavy atom. The van der Waals surface area contributed by atoms with E-state index in [1.807, 2.05) is 19.1 Å². The molecule has 0 spiro atoms. The molecule has 1 amide bonds. The SMILES string of the molecule is CC(CO)(NC(=O)c1ccc(-c2n[nH]c(C3CC3)n2)cc1)C1CC1. The first-order chi connectivity index (χ1) is 11.6. The summed E-state index contributed by atoms with van der Waals surface area (Å²) in [5.74, 6) is 2.38. The molecule has 24 heavy (non-hydrogen) atoms. The molecular formula is C18H22N4O2. The third-order valence-corrected chi connectivity index (χ3v) is 5.08. The molecule has 1 atom stereocenters. The number of nitrogens with one attached hydrogen (secondary N) is 2. The number of aromatic nitrogens is 3. The zero-order valence-corrected chi connectivity index (χ0v) is 13.7. The highest BCUT2D eigenvalue weighted by Gasteiger charge is 2.42. The van der Waals surface area contributed by atoms with Crippen molar-refractivity contribution in [2.45, 2.75) is 44.1 Å². The lowest BCUT2D eigenvalue weighted by Gasteiger charge is -2.28. The maximum Gasteiger partial charge on any atom is 0.251 e. The fraction of sp³-hybridized carbons (Fsp3) is 0.500. The molecule has 1 aromatic carbocycles. The zero-order chi connectivity index (χ0) is 16.7. The second kappa shape index (κ2) is 5.70. The van der Waals surface area contributed by atoms with Crippen molar-refractivity contribution in [1.82, 2.24) is 20.5 Å². The van der Waals surface area contributed by atoms with Gasteiger partial charge in [-0.3, -0.25) is 9.89 Å². The summed E-state index contributed by atoms with van der Waals surface area (Å²) in [6.07, 6.45) is 4.48. The first-order valence-corrected chi connectivity index (χ1v) is 8.55. The van der Waals surface area contributed by atoms with Crippen LogP contribution in [-0.4, -0.2) is 38.3 Å². The van der Waals surface area contributed by atoms with Crippen LogP contribution in [0.25, 0.3) is 11.4 Å². The lowest BCUT2D eigenvalue weighted by Crippen LogP contribution is -2.50. The number of hydrogen-bond donors (Lipinski definition) is 3. The minimum Gasteiger partial charge on any atom is -0.394 e. The Kier molecular flexibility index (Phi) is 3.64. The molecule has 2 aromatic rings. The summed E-state index contributed by atoms with van der Waals surface area (Å²) >= 11 is 0. The Morgan fingerprint density at radius 2 is 2.00 bits per heavy atom. The summed E-state index contributed by atoms with van der Waals surface area (Å²) in [6, 6.07) is 7.29. The Balaban J connectivity index is 1.47. The number of aromatic amines is 1. The van der Waals surface area contributed by atoms with Crippen LogP contribution in [0.2, 0.25) is 0 Å². The van der Waals surface area contributed by atoms with Gasteiger partial charge < -0.3 is 10.4 Å². The van der Waals surface area contributed by atoms with Gasteiger partial charge in [0, 0.05) is 17.0 Å². The summed E-state index contributed by atoms with van der Waals surface area (Å²) in [4.78, 5) is 17.0. The lowest BCUT2D eigenvalue weighted by atomic mass is 9.96. The Labute approximate surface area is 140 Å². The van der Waals surface area contributed by atoms with Gasteiger partial charge in [-0.15, -0.1) is 0 Å². The second-order valence-electron chi connectivity index (χ2n) is 7.20. The number of carbonyl (C=O) groups is 1. The molecule has 6 heteroatoms. The molecule has 0 saturated heterocycles. The number of aliphatic hydroxyl groups is 1. The normalized spacial score (nSPS) is 19.8. The van der Waals surface area contributed by atoms with Crippen molar-refractivity contribution >= 4 is 5.91 Å². The van der Waals surface area contributed by atoms with Crippen molar-refractivity contribution in [3.63, 3.8) is 0 Å². The van der Waals surface area contributed by atoms with Crippen molar-refractivity contribution in [3.05, 3.63) is 35.7 Å². The average molecular weight is 326 g/mol. The number of amides is 1. The van der Waals surface area contributed by atoms with Gasteiger partial charge in [-0.05, 0) is 50.7 Å². The molecule has 2 aliphatic carbocycles. The molecule has 126 valence electrons. The maximum absolute atomic E-state index is 12.4. The second-order valence-corrected chi connectivity index (χ2v) is 7.20. The van der Waals surface area contributed by atoms with Gasteiger partial charge in [-0.2, -0.15) is 5.10 Å². The number of H-pyrrole nitrogens is 1. The van der Waals surface area contributed by atoms with Crippen molar-refractivity contribution in [2.75, 3.05) is 6.61 Å². The van der Waals surface area contributed by atoms with Gasteiger partial charge in [0.15, 0.2) is 5.82 Å². The van der Waals surface area contributed by atoms with E-state index in [1.165, 1.54) is 12.8 Å². The van der Waals surface area contributed by atoms with Gasteiger partial charge in [-0.1, -0.05) is 12.1 Å². The van der Waals surface area contributed by atoms with Crippen molar-refractivity contribution in [3.8, 4) is 11.4 Å². The molecule has 1 unspecified atom stereocenters. The van der Waals surface area contributed by atoms with Gasteiger partial charge in [0.1, 0.15) is 5.82 Å². The monoisotopic (exact) mass is 326 g/mol. The first kappa shape index (κ1) is 15.3. The van der Waals surface area contributed by atoms with Crippen molar-refractivity contribution in [2.24, 2.45) is 5.92 Å².